The molecular weight excluding hydrogens is 315 g/mol. The molecular formula is C17H23FN2O4. The van der Waals surface area contributed by atoms with E-state index in [1.165, 1.54) is 24.1 Å². The number of benzene rings is 1. The van der Waals surface area contributed by atoms with E-state index in [4.69, 9.17) is 4.74 Å². The van der Waals surface area contributed by atoms with Gasteiger partial charge in [0, 0.05) is 32.1 Å². The van der Waals surface area contributed by atoms with Gasteiger partial charge in [-0.15, -0.1) is 0 Å². The second-order valence-corrected chi connectivity index (χ2v) is 6.08. The van der Waals surface area contributed by atoms with E-state index in [0.717, 1.165) is 6.07 Å². The Balaban J connectivity index is 2.06. The van der Waals surface area contributed by atoms with Crippen molar-refractivity contribution >= 4 is 11.8 Å². The minimum Gasteiger partial charge on any atom is -0.494 e. The molecule has 0 aromatic heterocycles. The van der Waals surface area contributed by atoms with Gasteiger partial charge in [0.05, 0.1) is 12.7 Å². The van der Waals surface area contributed by atoms with Crippen LogP contribution in [0.5, 0.6) is 5.75 Å². The first kappa shape index (κ1) is 18.2. The van der Waals surface area contributed by atoms with Crippen molar-refractivity contribution in [3.8, 4) is 5.75 Å². The molecule has 132 valence electrons. The highest BCUT2D eigenvalue weighted by Crippen LogP contribution is 2.27. The summed E-state index contributed by atoms with van der Waals surface area (Å²) in [6.45, 7) is 0.630. The molecule has 1 aliphatic rings. The van der Waals surface area contributed by atoms with E-state index >= 15 is 0 Å². The van der Waals surface area contributed by atoms with Gasteiger partial charge in [0.15, 0.2) is 11.6 Å². The maximum absolute atomic E-state index is 13.8. The summed E-state index contributed by atoms with van der Waals surface area (Å²) in [6.07, 6.45) is 1.65. The number of β-amino-alcohol motifs (C(OH)–C–C–N with tert-alkyl or cyclic N) is 1. The fraction of sp³-hybridized carbons (Fsp3) is 0.529. The highest BCUT2D eigenvalue weighted by molar-refractivity contribution is 5.94. The number of aliphatic hydroxyl groups is 1. The van der Waals surface area contributed by atoms with Crippen LogP contribution in [0, 0.1) is 5.82 Å². The van der Waals surface area contributed by atoms with Crippen molar-refractivity contribution in [1.29, 1.82) is 0 Å². The Hall–Kier alpha value is -2.15. The summed E-state index contributed by atoms with van der Waals surface area (Å²) in [5, 5.41) is 13.2. The molecule has 1 atom stereocenters. The van der Waals surface area contributed by atoms with Crippen LogP contribution in [-0.2, 0) is 4.79 Å². The van der Waals surface area contributed by atoms with Crippen LogP contribution in [-0.4, -0.2) is 54.7 Å². The van der Waals surface area contributed by atoms with E-state index < -0.39 is 11.4 Å². The fourth-order valence-corrected chi connectivity index (χ4v) is 2.94. The first-order valence-corrected chi connectivity index (χ1v) is 7.94. The monoisotopic (exact) mass is 338 g/mol. The van der Waals surface area contributed by atoms with E-state index in [9.17, 15) is 19.1 Å². The zero-order valence-corrected chi connectivity index (χ0v) is 14.0. The van der Waals surface area contributed by atoms with Gasteiger partial charge in [0.1, 0.15) is 0 Å². The largest absolute Gasteiger partial charge is 0.494 e. The van der Waals surface area contributed by atoms with Gasteiger partial charge in [-0.25, -0.2) is 4.39 Å². The third-order valence-corrected chi connectivity index (χ3v) is 4.34. The normalized spacial score (nSPS) is 20.6. The van der Waals surface area contributed by atoms with E-state index in [1.807, 2.05) is 0 Å². The number of hydrogen-bond acceptors (Lipinski definition) is 4. The number of amides is 2. The Kier molecular flexibility index (Phi) is 5.77. The van der Waals surface area contributed by atoms with Crippen molar-refractivity contribution in [2.24, 2.45) is 0 Å². The number of halogens is 1. The van der Waals surface area contributed by atoms with Crippen LogP contribution in [0.1, 0.15) is 36.0 Å². The van der Waals surface area contributed by atoms with Gasteiger partial charge in [-0.2, -0.15) is 0 Å². The Morgan fingerprint density at radius 1 is 1.46 bits per heavy atom. The Labute approximate surface area is 140 Å². The van der Waals surface area contributed by atoms with Crippen molar-refractivity contribution in [1.82, 2.24) is 10.2 Å². The second kappa shape index (κ2) is 7.61. The summed E-state index contributed by atoms with van der Waals surface area (Å²) >= 11 is 0. The number of nitrogens with one attached hydrogen (secondary N) is 1. The topological polar surface area (TPSA) is 78.9 Å². The third kappa shape index (κ3) is 4.23. The summed E-state index contributed by atoms with van der Waals surface area (Å²) in [5.74, 6) is -1.01. The molecule has 1 aromatic rings. The fourth-order valence-electron chi connectivity index (χ4n) is 2.94. The molecule has 0 spiro atoms. The molecule has 1 fully saturated rings. The van der Waals surface area contributed by atoms with E-state index in [2.05, 4.69) is 5.32 Å². The Morgan fingerprint density at radius 2 is 2.21 bits per heavy atom. The number of likely N-dealkylation sites (tertiary alicyclic amines) is 1. The van der Waals surface area contributed by atoms with Crippen molar-refractivity contribution in [3.05, 3.63) is 29.6 Å². The quantitative estimate of drug-likeness (QED) is 0.849. The molecule has 2 N–H and O–H groups in total. The summed E-state index contributed by atoms with van der Waals surface area (Å²) in [6, 6.07) is 4.05. The number of methoxy groups -OCH3 is 1. The minimum absolute atomic E-state index is 0.0762. The van der Waals surface area contributed by atoms with Gasteiger partial charge in [0.2, 0.25) is 5.91 Å². The molecule has 0 aliphatic carbocycles. The number of hydrogen-bond donors (Lipinski definition) is 2. The number of rotatable bonds is 5. The minimum atomic E-state index is -1.09. The molecule has 6 nitrogen and oxygen atoms in total. The number of ether oxygens (including phenoxy) is 1. The molecule has 0 saturated carbocycles. The van der Waals surface area contributed by atoms with E-state index in [-0.39, 0.29) is 42.5 Å². The Morgan fingerprint density at radius 3 is 2.83 bits per heavy atom. The average molecular weight is 338 g/mol. The summed E-state index contributed by atoms with van der Waals surface area (Å²) in [4.78, 5) is 25.4. The summed E-state index contributed by atoms with van der Waals surface area (Å²) < 4.78 is 18.6. The predicted octanol–water partition coefficient (Wildman–Crippen LogP) is 1.33. The number of piperidine rings is 1. The van der Waals surface area contributed by atoms with Gasteiger partial charge < -0.3 is 20.1 Å². The van der Waals surface area contributed by atoms with Crippen molar-refractivity contribution in [3.63, 3.8) is 0 Å². The maximum atomic E-state index is 13.8. The molecule has 1 heterocycles. The SMILES string of the molecule is CNC(=O)CCC1(O)CCCN(C(=O)c2ccc(OC)c(F)c2)C1. The molecule has 1 unspecified atom stereocenters. The van der Waals surface area contributed by atoms with E-state index in [1.54, 1.807) is 7.05 Å². The second-order valence-electron chi connectivity index (χ2n) is 6.08. The van der Waals surface area contributed by atoms with Gasteiger partial charge >= 0.3 is 0 Å². The zero-order valence-electron chi connectivity index (χ0n) is 14.0. The van der Waals surface area contributed by atoms with Crippen LogP contribution < -0.4 is 10.1 Å². The molecule has 1 aromatic carbocycles. The van der Waals surface area contributed by atoms with Crippen LogP contribution in [0.4, 0.5) is 4.39 Å². The summed E-state index contributed by atoms with van der Waals surface area (Å²) in [7, 11) is 2.90. The van der Waals surface area contributed by atoms with Crippen LogP contribution in [0.2, 0.25) is 0 Å². The predicted molar refractivity (Wildman–Crippen MR) is 86.3 cm³/mol. The van der Waals surface area contributed by atoms with Crippen LogP contribution >= 0.6 is 0 Å². The molecule has 24 heavy (non-hydrogen) atoms. The summed E-state index contributed by atoms with van der Waals surface area (Å²) in [5.41, 5.74) is -0.880. The maximum Gasteiger partial charge on any atom is 0.254 e. The molecule has 0 radical (unpaired) electrons. The third-order valence-electron chi connectivity index (χ3n) is 4.34. The molecule has 1 saturated heterocycles. The highest BCUT2D eigenvalue weighted by Gasteiger charge is 2.35. The van der Waals surface area contributed by atoms with E-state index in [0.29, 0.717) is 19.4 Å². The molecule has 0 bridgehead atoms. The standard InChI is InChI=1S/C17H23FN2O4/c1-19-15(21)6-8-17(23)7-3-9-20(11-17)16(22)12-4-5-14(24-2)13(18)10-12/h4-5,10,23H,3,6-9,11H2,1-2H3,(H,19,21). The lowest BCUT2D eigenvalue weighted by Crippen LogP contribution is -2.50. The number of carbonyl (C=O) groups is 2. The van der Waals surface area contributed by atoms with Crippen molar-refractivity contribution in [2.45, 2.75) is 31.3 Å². The molecule has 1 aliphatic heterocycles. The lowest BCUT2D eigenvalue weighted by molar-refractivity contribution is -0.122. The van der Waals surface area contributed by atoms with Crippen molar-refractivity contribution in [2.75, 3.05) is 27.2 Å². The van der Waals surface area contributed by atoms with Gasteiger partial charge in [-0.05, 0) is 37.5 Å². The highest BCUT2D eigenvalue weighted by atomic mass is 19.1. The smallest absolute Gasteiger partial charge is 0.254 e. The molecule has 2 amide bonds. The lowest BCUT2D eigenvalue weighted by Gasteiger charge is -2.39. The Bertz CT molecular complexity index is 623. The van der Waals surface area contributed by atoms with Gasteiger partial charge in [0.25, 0.3) is 5.91 Å². The van der Waals surface area contributed by atoms with Crippen LogP contribution in [0.15, 0.2) is 18.2 Å². The first-order chi connectivity index (χ1) is 11.4. The first-order valence-electron chi connectivity index (χ1n) is 7.94. The zero-order chi connectivity index (χ0) is 17.7. The average Bonchev–Trinajstić information content (AvgIpc) is 2.59. The van der Waals surface area contributed by atoms with Crippen molar-refractivity contribution < 1.29 is 23.8 Å². The molecule has 2 rings (SSSR count). The number of carbonyl (C=O) groups excluding carboxylic acids is 2. The van der Waals surface area contributed by atoms with Crippen LogP contribution in [0.25, 0.3) is 0 Å². The van der Waals surface area contributed by atoms with Gasteiger partial charge in [-0.1, -0.05) is 0 Å². The lowest BCUT2D eigenvalue weighted by atomic mass is 9.88. The van der Waals surface area contributed by atoms with Crippen LogP contribution in [0.3, 0.4) is 0 Å². The van der Waals surface area contributed by atoms with Gasteiger partial charge in [-0.3, -0.25) is 9.59 Å². The number of nitrogens with zero attached hydrogens (tertiary/aromatic N) is 1. The molecule has 7 heteroatoms.